The second kappa shape index (κ2) is 8.65. The van der Waals surface area contributed by atoms with Gasteiger partial charge in [-0.2, -0.15) is 0 Å². The zero-order valence-electron chi connectivity index (χ0n) is 20.4. The number of ether oxygens (including phenoxy) is 2. The average molecular weight is 429 g/mol. The van der Waals surface area contributed by atoms with Crippen molar-refractivity contribution in [1.29, 1.82) is 0 Å². The fourth-order valence-corrected chi connectivity index (χ4v) is 4.58. The molecule has 2 aromatic rings. The number of hydrogen-bond donors (Lipinski definition) is 0. The van der Waals surface area contributed by atoms with Gasteiger partial charge in [0.1, 0.15) is 22.7 Å². The van der Waals surface area contributed by atoms with Gasteiger partial charge in [-0.1, -0.05) is 59.7 Å². The molecule has 0 aliphatic carbocycles. The minimum Gasteiger partial charge on any atom is -0.482 e. The van der Waals surface area contributed by atoms with Gasteiger partial charge in [0.05, 0.1) is 0 Å². The molecule has 0 saturated heterocycles. The van der Waals surface area contributed by atoms with Crippen molar-refractivity contribution in [3.63, 3.8) is 0 Å². The standard InChI is InChI=1S/C30H36O2/c1-21(2)11-9-17-29(5)19-15-25-26-16-20-30(6,18-10-12-22(3)4)32-28(26)24-14-8-7-13-23(24)27(25)31-29/h7-8,11-16,19-20H,9-10,17-18H2,1-6H3. The van der Waals surface area contributed by atoms with Gasteiger partial charge in [0, 0.05) is 21.9 Å². The third-order valence-electron chi connectivity index (χ3n) is 6.46. The van der Waals surface area contributed by atoms with Gasteiger partial charge in [0.25, 0.3) is 0 Å². The second-order valence-electron chi connectivity index (χ2n) is 10.2. The van der Waals surface area contributed by atoms with E-state index in [9.17, 15) is 0 Å². The highest BCUT2D eigenvalue weighted by atomic mass is 16.5. The summed E-state index contributed by atoms with van der Waals surface area (Å²) >= 11 is 0. The number of hydrogen-bond acceptors (Lipinski definition) is 2. The topological polar surface area (TPSA) is 18.5 Å². The van der Waals surface area contributed by atoms with Crippen molar-refractivity contribution in [2.24, 2.45) is 0 Å². The third-order valence-corrected chi connectivity index (χ3v) is 6.46. The molecule has 0 radical (unpaired) electrons. The fraction of sp³-hybridized carbons (Fsp3) is 0.400. The van der Waals surface area contributed by atoms with E-state index in [2.05, 4.69) is 102 Å². The maximum absolute atomic E-state index is 6.71. The molecule has 2 heterocycles. The van der Waals surface area contributed by atoms with Crippen molar-refractivity contribution in [2.75, 3.05) is 0 Å². The third kappa shape index (κ3) is 4.55. The summed E-state index contributed by atoms with van der Waals surface area (Å²) in [6, 6.07) is 8.49. The monoisotopic (exact) mass is 428 g/mol. The molecule has 2 unspecified atom stereocenters. The molecule has 2 nitrogen and oxygen atoms in total. The Kier molecular flexibility index (Phi) is 6.07. The van der Waals surface area contributed by atoms with Crippen LogP contribution in [0, 0.1) is 0 Å². The quantitative estimate of drug-likeness (QED) is 0.429. The molecule has 168 valence electrons. The molecule has 2 aliphatic heterocycles. The van der Waals surface area contributed by atoms with Crippen LogP contribution >= 0.6 is 0 Å². The molecule has 0 fully saturated rings. The molecule has 0 saturated carbocycles. The minimum absolute atomic E-state index is 0.311. The molecular formula is C30H36O2. The maximum atomic E-state index is 6.71. The van der Waals surface area contributed by atoms with Crippen molar-refractivity contribution in [3.05, 3.63) is 70.8 Å². The molecule has 32 heavy (non-hydrogen) atoms. The van der Waals surface area contributed by atoms with Gasteiger partial charge in [-0.25, -0.2) is 0 Å². The number of fused-ring (bicyclic) bond motifs is 6. The molecule has 2 heteroatoms. The van der Waals surface area contributed by atoms with Crippen LogP contribution in [-0.2, 0) is 0 Å². The summed E-state index contributed by atoms with van der Waals surface area (Å²) in [5, 5.41) is 2.25. The zero-order chi connectivity index (χ0) is 22.9. The Bertz CT molecular complexity index is 1050. The molecule has 2 aliphatic rings. The lowest BCUT2D eigenvalue weighted by molar-refractivity contribution is 0.125. The van der Waals surface area contributed by atoms with E-state index in [0.717, 1.165) is 59.1 Å². The SMILES string of the molecule is CC(C)=CCCC1(C)C=Cc2c3c(c4ccccc4c2O1)OC(C)(CCC=C(C)C)C=C3. The average Bonchev–Trinajstić information content (AvgIpc) is 2.73. The van der Waals surface area contributed by atoms with E-state index in [-0.39, 0.29) is 11.2 Å². The van der Waals surface area contributed by atoms with E-state index in [1.807, 2.05) is 0 Å². The normalized spacial score (nSPS) is 23.1. The van der Waals surface area contributed by atoms with E-state index in [1.165, 1.54) is 11.1 Å². The van der Waals surface area contributed by atoms with Crippen LogP contribution in [0.25, 0.3) is 22.9 Å². The number of rotatable bonds is 6. The van der Waals surface area contributed by atoms with E-state index in [0.29, 0.717) is 0 Å². The van der Waals surface area contributed by atoms with Crippen molar-refractivity contribution in [1.82, 2.24) is 0 Å². The summed E-state index contributed by atoms with van der Waals surface area (Å²) in [5.41, 5.74) is 4.33. The Morgan fingerprint density at radius 1 is 0.719 bits per heavy atom. The Morgan fingerprint density at radius 2 is 1.12 bits per heavy atom. The molecule has 0 amide bonds. The first-order chi connectivity index (χ1) is 15.2. The van der Waals surface area contributed by atoms with Crippen LogP contribution in [0.2, 0.25) is 0 Å². The molecule has 0 spiro atoms. The van der Waals surface area contributed by atoms with Crippen molar-refractivity contribution in [2.45, 2.75) is 78.4 Å². The van der Waals surface area contributed by atoms with Crippen LogP contribution < -0.4 is 9.47 Å². The number of allylic oxidation sites excluding steroid dienone is 4. The van der Waals surface area contributed by atoms with Crippen LogP contribution in [0.3, 0.4) is 0 Å². The van der Waals surface area contributed by atoms with Gasteiger partial charge < -0.3 is 9.47 Å². The van der Waals surface area contributed by atoms with Gasteiger partial charge in [0.15, 0.2) is 0 Å². The van der Waals surface area contributed by atoms with Crippen molar-refractivity contribution < 1.29 is 9.47 Å². The summed E-state index contributed by atoms with van der Waals surface area (Å²) in [5.74, 6) is 1.95. The van der Waals surface area contributed by atoms with Crippen LogP contribution in [0.4, 0.5) is 0 Å². The molecule has 0 N–H and O–H groups in total. The molecule has 4 rings (SSSR count). The van der Waals surface area contributed by atoms with Gasteiger partial charge in [-0.15, -0.1) is 0 Å². The summed E-state index contributed by atoms with van der Waals surface area (Å²) in [4.78, 5) is 0. The Balaban J connectivity index is 1.74. The number of benzene rings is 2. The summed E-state index contributed by atoms with van der Waals surface area (Å²) < 4.78 is 13.4. The van der Waals surface area contributed by atoms with Crippen molar-refractivity contribution in [3.8, 4) is 11.5 Å². The van der Waals surface area contributed by atoms with Gasteiger partial charge in [-0.05, 0) is 79.4 Å². The van der Waals surface area contributed by atoms with Crippen LogP contribution in [0.15, 0.2) is 59.7 Å². The van der Waals surface area contributed by atoms with Gasteiger partial charge in [0.2, 0.25) is 0 Å². The second-order valence-corrected chi connectivity index (χ2v) is 10.2. The van der Waals surface area contributed by atoms with Gasteiger partial charge in [-0.3, -0.25) is 0 Å². The first-order valence-electron chi connectivity index (χ1n) is 11.8. The molecular weight excluding hydrogens is 392 g/mol. The predicted octanol–water partition coefficient (Wildman–Crippen LogP) is 8.66. The first kappa shape index (κ1) is 22.5. The fourth-order valence-electron chi connectivity index (χ4n) is 4.58. The summed E-state index contributed by atoms with van der Waals surface area (Å²) in [7, 11) is 0. The highest BCUT2D eigenvalue weighted by Crippen LogP contribution is 2.49. The lowest BCUT2D eigenvalue weighted by Crippen LogP contribution is -2.34. The summed E-state index contributed by atoms with van der Waals surface area (Å²) in [6.07, 6.45) is 17.4. The Hall–Kier alpha value is -2.74. The maximum Gasteiger partial charge on any atom is 0.136 e. The van der Waals surface area contributed by atoms with E-state index in [4.69, 9.17) is 9.47 Å². The molecule has 0 bridgehead atoms. The smallest absolute Gasteiger partial charge is 0.136 e. The van der Waals surface area contributed by atoms with Gasteiger partial charge >= 0.3 is 0 Å². The molecule has 0 aromatic heterocycles. The van der Waals surface area contributed by atoms with E-state index >= 15 is 0 Å². The predicted molar refractivity (Wildman–Crippen MR) is 137 cm³/mol. The molecule has 2 aromatic carbocycles. The summed E-state index contributed by atoms with van der Waals surface area (Å²) in [6.45, 7) is 13.0. The zero-order valence-corrected chi connectivity index (χ0v) is 20.4. The first-order valence-corrected chi connectivity index (χ1v) is 11.8. The highest BCUT2D eigenvalue weighted by molar-refractivity contribution is 6.01. The Morgan fingerprint density at radius 3 is 1.50 bits per heavy atom. The van der Waals surface area contributed by atoms with E-state index < -0.39 is 0 Å². The lowest BCUT2D eigenvalue weighted by atomic mass is 9.87. The van der Waals surface area contributed by atoms with E-state index in [1.54, 1.807) is 0 Å². The molecule has 2 atom stereocenters. The lowest BCUT2D eigenvalue weighted by Gasteiger charge is -2.37. The van der Waals surface area contributed by atoms with Crippen LogP contribution in [-0.4, -0.2) is 11.2 Å². The minimum atomic E-state index is -0.311. The largest absolute Gasteiger partial charge is 0.482 e. The van der Waals surface area contributed by atoms with Crippen LogP contribution in [0.1, 0.15) is 78.4 Å². The van der Waals surface area contributed by atoms with Crippen LogP contribution in [0.5, 0.6) is 11.5 Å². The highest BCUT2D eigenvalue weighted by Gasteiger charge is 2.34. The van der Waals surface area contributed by atoms with Crippen molar-refractivity contribution >= 4 is 22.9 Å². The Labute approximate surface area is 193 Å².